The SMILES string of the molecule is COC(C)c1nc(Cl)c(C)c(-c2ccccc2)n1. The van der Waals surface area contributed by atoms with Gasteiger partial charge in [-0.25, -0.2) is 9.97 Å². The number of nitrogens with zero attached hydrogens (tertiary/aromatic N) is 2. The Morgan fingerprint density at radius 1 is 1.17 bits per heavy atom. The lowest BCUT2D eigenvalue weighted by Gasteiger charge is -2.13. The predicted molar refractivity (Wildman–Crippen MR) is 72.6 cm³/mol. The van der Waals surface area contributed by atoms with Crippen molar-refractivity contribution in [1.82, 2.24) is 9.97 Å². The quantitative estimate of drug-likeness (QED) is 0.789. The molecule has 0 radical (unpaired) electrons. The molecule has 0 bridgehead atoms. The van der Waals surface area contributed by atoms with Gasteiger partial charge in [0.25, 0.3) is 0 Å². The van der Waals surface area contributed by atoms with E-state index in [-0.39, 0.29) is 6.10 Å². The van der Waals surface area contributed by atoms with Crippen LogP contribution in [0.5, 0.6) is 0 Å². The van der Waals surface area contributed by atoms with Gasteiger partial charge in [0.05, 0.1) is 5.69 Å². The van der Waals surface area contributed by atoms with Gasteiger partial charge in [0.15, 0.2) is 5.82 Å². The molecule has 0 saturated carbocycles. The maximum absolute atomic E-state index is 6.16. The number of rotatable bonds is 3. The van der Waals surface area contributed by atoms with Gasteiger partial charge in [-0.2, -0.15) is 0 Å². The highest BCUT2D eigenvalue weighted by Crippen LogP contribution is 2.27. The molecule has 0 spiro atoms. The Balaban J connectivity index is 2.56. The molecule has 2 rings (SSSR count). The second-order valence-corrected chi connectivity index (χ2v) is 4.45. The molecule has 0 N–H and O–H groups in total. The summed E-state index contributed by atoms with van der Waals surface area (Å²) in [5.41, 5.74) is 2.77. The normalized spacial score (nSPS) is 12.4. The van der Waals surface area contributed by atoms with E-state index in [0.717, 1.165) is 16.8 Å². The molecule has 94 valence electrons. The number of halogens is 1. The monoisotopic (exact) mass is 262 g/mol. The third-order valence-corrected chi connectivity index (χ3v) is 3.24. The zero-order chi connectivity index (χ0) is 13.1. The van der Waals surface area contributed by atoms with Gasteiger partial charge in [-0.05, 0) is 13.8 Å². The summed E-state index contributed by atoms with van der Waals surface area (Å²) in [7, 11) is 1.63. The Labute approximate surface area is 112 Å². The van der Waals surface area contributed by atoms with E-state index in [4.69, 9.17) is 16.3 Å². The molecule has 1 aromatic carbocycles. The Morgan fingerprint density at radius 3 is 2.44 bits per heavy atom. The average molecular weight is 263 g/mol. The molecule has 1 aromatic heterocycles. The largest absolute Gasteiger partial charge is 0.374 e. The average Bonchev–Trinajstić information content (AvgIpc) is 2.41. The Kier molecular flexibility index (Phi) is 3.94. The van der Waals surface area contributed by atoms with E-state index in [1.165, 1.54) is 0 Å². The second-order valence-electron chi connectivity index (χ2n) is 4.09. The van der Waals surface area contributed by atoms with Crippen molar-refractivity contribution >= 4 is 11.6 Å². The first-order valence-electron chi connectivity index (χ1n) is 5.75. The molecule has 3 nitrogen and oxygen atoms in total. The van der Waals surface area contributed by atoms with Crippen molar-refractivity contribution < 1.29 is 4.74 Å². The fourth-order valence-electron chi connectivity index (χ4n) is 1.67. The maximum Gasteiger partial charge on any atom is 0.159 e. The van der Waals surface area contributed by atoms with Crippen molar-refractivity contribution in [3.63, 3.8) is 0 Å². The van der Waals surface area contributed by atoms with E-state index in [9.17, 15) is 0 Å². The van der Waals surface area contributed by atoms with Crippen LogP contribution in [-0.2, 0) is 4.74 Å². The predicted octanol–water partition coefficient (Wildman–Crippen LogP) is 3.81. The van der Waals surface area contributed by atoms with E-state index < -0.39 is 0 Å². The lowest BCUT2D eigenvalue weighted by molar-refractivity contribution is 0.112. The summed E-state index contributed by atoms with van der Waals surface area (Å²) in [5.74, 6) is 0.604. The first-order valence-corrected chi connectivity index (χ1v) is 6.13. The summed E-state index contributed by atoms with van der Waals surface area (Å²) in [4.78, 5) is 8.81. The number of methoxy groups -OCH3 is 1. The Morgan fingerprint density at radius 2 is 1.83 bits per heavy atom. The van der Waals surface area contributed by atoms with Gasteiger partial charge in [0.2, 0.25) is 0 Å². The molecular formula is C14H15ClN2O. The topological polar surface area (TPSA) is 35.0 Å². The van der Waals surface area contributed by atoms with Crippen LogP contribution in [0.1, 0.15) is 24.4 Å². The highest BCUT2D eigenvalue weighted by Gasteiger charge is 2.14. The summed E-state index contributed by atoms with van der Waals surface area (Å²) in [6.45, 7) is 3.82. The van der Waals surface area contributed by atoms with Crippen molar-refractivity contribution in [2.75, 3.05) is 7.11 Å². The minimum absolute atomic E-state index is 0.175. The van der Waals surface area contributed by atoms with Crippen LogP contribution in [0.4, 0.5) is 0 Å². The molecule has 0 amide bonds. The molecule has 2 aromatic rings. The van der Waals surface area contributed by atoms with Gasteiger partial charge < -0.3 is 4.74 Å². The lowest BCUT2D eigenvalue weighted by atomic mass is 10.1. The molecular weight excluding hydrogens is 248 g/mol. The Bertz CT molecular complexity index is 543. The molecule has 4 heteroatoms. The Hall–Kier alpha value is -1.45. The van der Waals surface area contributed by atoms with Crippen LogP contribution in [0.25, 0.3) is 11.3 Å². The smallest absolute Gasteiger partial charge is 0.159 e. The van der Waals surface area contributed by atoms with Crippen molar-refractivity contribution in [1.29, 1.82) is 0 Å². The molecule has 0 aliphatic rings. The van der Waals surface area contributed by atoms with Gasteiger partial charge in [-0.1, -0.05) is 41.9 Å². The fourth-order valence-corrected chi connectivity index (χ4v) is 1.85. The van der Waals surface area contributed by atoms with Gasteiger partial charge >= 0.3 is 0 Å². The van der Waals surface area contributed by atoms with E-state index in [1.807, 2.05) is 44.2 Å². The summed E-state index contributed by atoms with van der Waals surface area (Å²) >= 11 is 6.16. The highest BCUT2D eigenvalue weighted by molar-refractivity contribution is 6.30. The molecule has 0 fully saturated rings. The minimum atomic E-state index is -0.175. The fraction of sp³-hybridized carbons (Fsp3) is 0.286. The van der Waals surface area contributed by atoms with Crippen molar-refractivity contribution in [3.8, 4) is 11.3 Å². The number of aromatic nitrogens is 2. The summed E-state index contributed by atoms with van der Waals surface area (Å²) < 4.78 is 5.24. The molecule has 1 unspecified atom stereocenters. The zero-order valence-electron chi connectivity index (χ0n) is 10.6. The van der Waals surface area contributed by atoms with Gasteiger partial charge in [-0.15, -0.1) is 0 Å². The first-order chi connectivity index (χ1) is 8.63. The number of hydrogen-bond acceptors (Lipinski definition) is 3. The summed E-state index contributed by atoms with van der Waals surface area (Å²) in [5, 5.41) is 0.475. The van der Waals surface area contributed by atoms with Crippen LogP contribution in [0.2, 0.25) is 5.15 Å². The number of benzene rings is 1. The standard InChI is InChI=1S/C14H15ClN2O/c1-9-12(11-7-5-4-6-8-11)16-14(10(2)18-3)17-13(9)15/h4-8,10H,1-3H3. The molecule has 0 aliphatic heterocycles. The van der Waals surface area contributed by atoms with Crippen molar-refractivity contribution in [3.05, 3.63) is 46.9 Å². The van der Waals surface area contributed by atoms with Crippen LogP contribution in [0.15, 0.2) is 30.3 Å². The molecule has 18 heavy (non-hydrogen) atoms. The van der Waals surface area contributed by atoms with E-state index in [1.54, 1.807) is 7.11 Å². The minimum Gasteiger partial charge on any atom is -0.374 e. The second kappa shape index (κ2) is 5.46. The lowest BCUT2D eigenvalue weighted by Crippen LogP contribution is -2.06. The van der Waals surface area contributed by atoms with Crippen LogP contribution in [0, 0.1) is 6.92 Å². The summed E-state index contributed by atoms with van der Waals surface area (Å²) in [6, 6.07) is 9.94. The van der Waals surface area contributed by atoms with Crippen LogP contribution in [0.3, 0.4) is 0 Å². The molecule has 0 aliphatic carbocycles. The van der Waals surface area contributed by atoms with E-state index in [0.29, 0.717) is 11.0 Å². The van der Waals surface area contributed by atoms with Crippen molar-refractivity contribution in [2.24, 2.45) is 0 Å². The number of hydrogen-bond donors (Lipinski definition) is 0. The third-order valence-electron chi connectivity index (χ3n) is 2.87. The first kappa shape index (κ1) is 13.0. The van der Waals surface area contributed by atoms with Crippen LogP contribution < -0.4 is 0 Å². The molecule has 1 atom stereocenters. The van der Waals surface area contributed by atoms with E-state index >= 15 is 0 Å². The van der Waals surface area contributed by atoms with Crippen LogP contribution in [-0.4, -0.2) is 17.1 Å². The molecule has 1 heterocycles. The van der Waals surface area contributed by atoms with Crippen LogP contribution >= 0.6 is 11.6 Å². The van der Waals surface area contributed by atoms with Gasteiger partial charge in [-0.3, -0.25) is 0 Å². The number of ether oxygens (including phenoxy) is 1. The zero-order valence-corrected chi connectivity index (χ0v) is 11.4. The summed E-state index contributed by atoms with van der Waals surface area (Å²) in [6.07, 6.45) is -0.175. The highest BCUT2D eigenvalue weighted by atomic mass is 35.5. The maximum atomic E-state index is 6.16. The van der Waals surface area contributed by atoms with E-state index in [2.05, 4.69) is 9.97 Å². The third kappa shape index (κ3) is 2.52. The van der Waals surface area contributed by atoms with Gasteiger partial charge in [0, 0.05) is 18.2 Å². The van der Waals surface area contributed by atoms with Gasteiger partial charge in [0.1, 0.15) is 11.3 Å². The molecule has 0 saturated heterocycles. The van der Waals surface area contributed by atoms with Crippen molar-refractivity contribution in [2.45, 2.75) is 20.0 Å².